The number of benzene rings is 1. The van der Waals surface area contributed by atoms with Crippen LogP contribution in [0.25, 0.3) is 0 Å². The van der Waals surface area contributed by atoms with E-state index in [-0.39, 0.29) is 0 Å². The van der Waals surface area contributed by atoms with Crippen LogP contribution in [-0.2, 0) is 13.0 Å². The van der Waals surface area contributed by atoms with Crippen LogP contribution in [-0.4, -0.2) is 27.9 Å². The average molecular weight is 273 g/mol. The predicted molar refractivity (Wildman–Crippen MR) is 82.8 cm³/mol. The molecule has 108 valence electrons. The summed E-state index contributed by atoms with van der Waals surface area (Å²) in [6, 6.07) is 10.5. The highest BCUT2D eigenvalue weighted by molar-refractivity contribution is 5.34. The van der Waals surface area contributed by atoms with Gasteiger partial charge in [-0.25, -0.2) is 4.68 Å². The molecule has 0 spiro atoms. The number of aromatic nitrogens is 3. The van der Waals surface area contributed by atoms with E-state index >= 15 is 0 Å². The zero-order valence-electron chi connectivity index (χ0n) is 12.3. The molecule has 2 rings (SSSR count). The van der Waals surface area contributed by atoms with Crippen molar-refractivity contribution >= 4 is 11.9 Å². The van der Waals surface area contributed by atoms with Crippen molar-refractivity contribution in [1.82, 2.24) is 14.8 Å². The molecule has 0 aliphatic rings. The molecule has 0 radical (unpaired) electrons. The Hall–Kier alpha value is -2.04. The van der Waals surface area contributed by atoms with Crippen molar-refractivity contribution in [2.24, 2.45) is 0 Å². The molecule has 1 heterocycles. The lowest BCUT2D eigenvalue weighted by Crippen LogP contribution is -2.23. The minimum atomic E-state index is 0.500. The third-order valence-electron chi connectivity index (χ3n) is 3.41. The quantitative estimate of drug-likeness (QED) is 0.841. The molecule has 0 unspecified atom stereocenters. The van der Waals surface area contributed by atoms with Crippen molar-refractivity contribution in [2.75, 3.05) is 23.7 Å². The number of nitrogens with zero attached hydrogens (tertiary/aromatic N) is 4. The fourth-order valence-electron chi connectivity index (χ4n) is 2.22. The molecule has 5 nitrogen and oxygen atoms in total. The predicted octanol–water partition coefficient (Wildman–Crippen LogP) is 2.34. The van der Waals surface area contributed by atoms with Crippen molar-refractivity contribution in [1.29, 1.82) is 0 Å². The van der Waals surface area contributed by atoms with Crippen LogP contribution >= 0.6 is 0 Å². The molecular formula is C15H23N5. The first kappa shape index (κ1) is 14.4. The molecule has 1 aromatic heterocycles. The van der Waals surface area contributed by atoms with Crippen molar-refractivity contribution in [2.45, 2.75) is 33.2 Å². The Morgan fingerprint density at radius 2 is 1.85 bits per heavy atom. The van der Waals surface area contributed by atoms with Crippen LogP contribution < -0.4 is 10.6 Å². The van der Waals surface area contributed by atoms with Gasteiger partial charge in [0.15, 0.2) is 0 Å². The van der Waals surface area contributed by atoms with E-state index in [1.54, 1.807) is 4.68 Å². The largest absolute Gasteiger partial charge is 0.368 e. The summed E-state index contributed by atoms with van der Waals surface area (Å²) < 4.78 is 1.80. The molecule has 0 saturated carbocycles. The minimum absolute atomic E-state index is 0.500. The van der Waals surface area contributed by atoms with Crippen molar-refractivity contribution in [3.8, 4) is 0 Å². The third kappa shape index (κ3) is 3.50. The minimum Gasteiger partial charge on any atom is -0.368 e. The fourth-order valence-corrected chi connectivity index (χ4v) is 2.22. The Labute approximate surface area is 120 Å². The van der Waals surface area contributed by atoms with Gasteiger partial charge in [0.2, 0.25) is 11.9 Å². The SMILES string of the molecule is CCN(CC)c1nc(N)n(CCCc2ccccc2)n1. The molecule has 2 aromatic rings. The molecular weight excluding hydrogens is 250 g/mol. The molecule has 0 amide bonds. The molecule has 20 heavy (non-hydrogen) atoms. The molecule has 0 saturated heterocycles. The monoisotopic (exact) mass is 273 g/mol. The molecule has 5 heteroatoms. The first-order chi connectivity index (χ1) is 9.74. The zero-order valence-corrected chi connectivity index (χ0v) is 12.3. The van der Waals surface area contributed by atoms with Gasteiger partial charge >= 0.3 is 0 Å². The van der Waals surface area contributed by atoms with E-state index in [9.17, 15) is 0 Å². The first-order valence-electron chi connectivity index (χ1n) is 7.23. The topological polar surface area (TPSA) is 60.0 Å². The smallest absolute Gasteiger partial charge is 0.246 e. The maximum absolute atomic E-state index is 5.93. The molecule has 0 aliphatic carbocycles. The van der Waals surface area contributed by atoms with E-state index in [2.05, 4.69) is 53.1 Å². The molecule has 1 aromatic carbocycles. The van der Waals surface area contributed by atoms with Gasteiger partial charge in [0.25, 0.3) is 0 Å². The second kappa shape index (κ2) is 6.93. The van der Waals surface area contributed by atoms with E-state index in [1.165, 1.54) is 5.56 Å². The summed E-state index contributed by atoms with van der Waals surface area (Å²) in [6.07, 6.45) is 2.04. The van der Waals surface area contributed by atoms with Gasteiger partial charge in [-0.15, -0.1) is 5.10 Å². The van der Waals surface area contributed by atoms with Crippen molar-refractivity contribution in [3.05, 3.63) is 35.9 Å². The number of anilines is 2. The number of nitrogen functional groups attached to an aromatic ring is 1. The van der Waals surface area contributed by atoms with Crippen LogP contribution in [0.2, 0.25) is 0 Å². The molecule has 0 fully saturated rings. The summed E-state index contributed by atoms with van der Waals surface area (Å²) in [7, 11) is 0. The van der Waals surface area contributed by atoms with Gasteiger partial charge < -0.3 is 10.6 Å². The van der Waals surface area contributed by atoms with E-state index in [1.807, 2.05) is 6.07 Å². The van der Waals surface area contributed by atoms with Gasteiger partial charge in [-0.1, -0.05) is 30.3 Å². The van der Waals surface area contributed by atoms with Crippen LogP contribution in [0.15, 0.2) is 30.3 Å². The Morgan fingerprint density at radius 1 is 1.15 bits per heavy atom. The zero-order chi connectivity index (χ0) is 14.4. The van der Waals surface area contributed by atoms with E-state index < -0.39 is 0 Å². The van der Waals surface area contributed by atoms with Gasteiger partial charge in [0.05, 0.1) is 0 Å². The highest BCUT2D eigenvalue weighted by Gasteiger charge is 2.11. The van der Waals surface area contributed by atoms with Gasteiger partial charge in [-0.05, 0) is 32.3 Å². The summed E-state index contributed by atoms with van der Waals surface area (Å²) in [5, 5.41) is 4.49. The number of aryl methyl sites for hydroxylation is 2. The van der Waals surface area contributed by atoms with E-state index in [4.69, 9.17) is 5.73 Å². The van der Waals surface area contributed by atoms with Crippen LogP contribution in [0, 0.1) is 0 Å². The van der Waals surface area contributed by atoms with Crippen molar-refractivity contribution in [3.63, 3.8) is 0 Å². The normalized spacial score (nSPS) is 10.7. The van der Waals surface area contributed by atoms with Crippen LogP contribution in [0.4, 0.5) is 11.9 Å². The summed E-state index contributed by atoms with van der Waals surface area (Å²) in [5.74, 6) is 1.23. The second-order valence-corrected chi connectivity index (χ2v) is 4.75. The Balaban J connectivity index is 1.93. The average Bonchev–Trinajstić information content (AvgIpc) is 2.83. The Morgan fingerprint density at radius 3 is 2.50 bits per heavy atom. The van der Waals surface area contributed by atoms with E-state index in [0.29, 0.717) is 5.95 Å². The first-order valence-corrected chi connectivity index (χ1v) is 7.23. The lowest BCUT2D eigenvalue weighted by atomic mass is 10.1. The summed E-state index contributed by atoms with van der Waals surface area (Å²) in [6.45, 7) is 6.77. The highest BCUT2D eigenvalue weighted by atomic mass is 15.4. The summed E-state index contributed by atoms with van der Waals surface area (Å²) >= 11 is 0. The summed E-state index contributed by atoms with van der Waals surface area (Å²) in [4.78, 5) is 6.44. The Kier molecular flexibility index (Phi) is 4.98. The molecule has 0 aliphatic heterocycles. The molecule has 0 atom stereocenters. The maximum Gasteiger partial charge on any atom is 0.246 e. The lowest BCUT2D eigenvalue weighted by molar-refractivity contribution is 0.583. The van der Waals surface area contributed by atoms with Gasteiger partial charge in [-0.3, -0.25) is 0 Å². The molecule has 2 N–H and O–H groups in total. The number of hydrogen-bond donors (Lipinski definition) is 1. The fraction of sp³-hybridized carbons (Fsp3) is 0.467. The standard InChI is InChI=1S/C15H23N5/c1-3-19(4-2)15-17-14(16)20(18-15)12-8-11-13-9-6-5-7-10-13/h5-7,9-10H,3-4,8,11-12H2,1-2H3,(H2,16,17,18). The molecule has 0 bridgehead atoms. The lowest BCUT2D eigenvalue weighted by Gasteiger charge is -2.15. The van der Waals surface area contributed by atoms with Crippen LogP contribution in [0.1, 0.15) is 25.8 Å². The second-order valence-electron chi connectivity index (χ2n) is 4.75. The maximum atomic E-state index is 5.93. The number of nitrogens with two attached hydrogens (primary N) is 1. The van der Waals surface area contributed by atoms with Crippen LogP contribution in [0.3, 0.4) is 0 Å². The van der Waals surface area contributed by atoms with E-state index in [0.717, 1.165) is 38.4 Å². The van der Waals surface area contributed by atoms with Gasteiger partial charge in [0.1, 0.15) is 0 Å². The third-order valence-corrected chi connectivity index (χ3v) is 3.41. The summed E-state index contributed by atoms with van der Waals surface area (Å²) in [5.41, 5.74) is 7.27. The number of rotatable bonds is 7. The van der Waals surface area contributed by atoms with Crippen LogP contribution in [0.5, 0.6) is 0 Å². The Bertz CT molecular complexity index is 516. The van der Waals surface area contributed by atoms with Crippen molar-refractivity contribution < 1.29 is 0 Å². The van der Waals surface area contributed by atoms with Gasteiger partial charge in [0, 0.05) is 19.6 Å². The van der Waals surface area contributed by atoms with Gasteiger partial charge in [-0.2, -0.15) is 4.98 Å². The number of hydrogen-bond acceptors (Lipinski definition) is 4. The highest BCUT2D eigenvalue weighted by Crippen LogP contribution is 2.12.